The topological polar surface area (TPSA) is 36.4 Å². The van der Waals surface area contributed by atoms with Gasteiger partial charge in [-0.25, -0.2) is 4.98 Å². The van der Waals surface area contributed by atoms with Gasteiger partial charge in [-0.3, -0.25) is 0 Å². The van der Waals surface area contributed by atoms with E-state index in [4.69, 9.17) is 0 Å². The van der Waals surface area contributed by atoms with Crippen LogP contribution in [0.4, 0.5) is 11.5 Å². The Bertz CT molecular complexity index is 538. The monoisotopic (exact) mass is 242 g/mol. The Labute approximate surface area is 108 Å². The molecule has 1 atom stereocenters. The second kappa shape index (κ2) is 5.19. The van der Waals surface area contributed by atoms with Crippen molar-refractivity contribution in [3.05, 3.63) is 53.7 Å². The number of aryl methyl sites for hydroxylation is 1. The smallest absolute Gasteiger partial charge is 0.133 e. The van der Waals surface area contributed by atoms with Gasteiger partial charge in [0.2, 0.25) is 0 Å². The van der Waals surface area contributed by atoms with Crippen LogP contribution in [0, 0.1) is 6.92 Å². The standard InChI is InChI=1S/C15H18N2O/c1-11-6-4-5-7-14(11)17(3)15-10-13(12(2)18)8-9-16-15/h4-10,12,18H,1-3H3. The minimum Gasteiger partial charge on any atom is -0.389 e. The molecule has 0 aliphatic rings. The fourth-order valence-corrected chi connectivity index (χ4v) is 1.94. The Hall–Kier alpha value is -1.87. The second-order valence-electron chi connectivity index (χ2n) is 4.47. The first kappa shape index (κ1) is 12.6. The van der Waals surface area contributed by atoms with Gasteiger partial charge in [0.15, 0.2) is 0 Å². The largest absolute Gasteiger partial charge is 0.389 e. The molecule has 18 heavy (non-hydrogen) atoms. The van der Waals surface area contributed by atoms with Crippen LogP contribution in [0.5, 0.6) is 0 Å². The van der Waals surface area contributed by atoms with E-state index in [1.54, 1.807) is 13.1 Å². The molecular weight excluding hydrogens is 224 g/mol. The molecule has 0 fully saturated rings. The number of hydrogen-bond acceptors (Lipinski definition) is 3. The van der Waals surface area contributed by atoms with Crippen molar-refractivity contribution in [2.24, 2.45) is 0 Å². The molecule has 1 aromatic carbocycles. The number of para-hydroxylation sites is 1. The maximum Gasteiger partial charge on any atom is 0.133 e. The predicted octanol–water partition coefficient (Wildman–Crippen LogP) is 3.21. The summed E-state index contributed by atoms with van der Waals surface area (Å²) in [6.07, 6.45) is 1.25. The summed E-state index contributed by atoms with van der Waals surface area (Å²) in [5, 5.41) is 9.61. The van der Waals surface area contributed by atoms with Crippen molar-refractivity contribution >= 4 is 11.5 Å². The molecule has 3 nitrogen and oxygen atoms in total. The molecule has 1 heterocycles. The van der Waals surface area contributed by atoms with Gasteiger partial charge < -0.3 is 10.0 Å². The summed E-state index contributed by atoms with van der Waals surface area (Å²) >= 11 is 0. The van der Waals surface area contributed by atoms with E-state index in [9.17, 15) is 5.11 Å². The zero-order valence-electron chi connectivity index (χ0n) is 11.0. The first-order valence-electron chi connectivity index (χ1n) is 6.03. The fraction of sp³-hybridized carbons (Fsp3) is 0.267. The third-order valence-electron chi connectivity index (χ3n) is 3.07. The normalized spacial score (nSPS) is 12.2. The molecule has 94 valence electrons. The number of anilines is 2. The number of nitrogens with zero attached hydrogens (tertiary/aromatic N) is 2. The lowest BCUT2D eigenvalue weighted by Crippen LogP contribution is -2.12. The number of benzene rings is 1. The third-order valence-corrected chi connectivity index (χ3v) is 3.07. The SMILES string of the molecule is Cc1ccccc1N(C)c1cc(C(C)O)ccn1. The Morgan fingerprint density at radius 1 is 1.22 bits per heavy atom. The molecule has 0 radical (unpaired) electrons. The van der Waals surface area contributed by atoms with Gasteiger partial charge in [0.25, 0.3) is 0 Å². The number of hydrogen-bond donors (Lipinski definition) is 1. The summed E-state index contributed by atoms with van der Waals surface area (Å²) in [7, 11) is 1.98. The Balaban J connectivity index is 2.37. The van der Waals surface area contributed by atoms with E-state index in [-0.39, 0.29) is 0 Å². The van der Waals surface area contributed by atoms with Crippen LogP contribution in [-0.2, 0) is 0 Å². The van der Waals surface area contributed by atoms with E-state index in [0.717, 1.165) is 17.1 Å². The van der Waals surface area contributed by atoms with Crippen molar-refractivity contribution in [1.82, 2.24) is 4.98 Å². The molecule has 0 spiro atoms. The lowest BCUT2D eigenvalue weighted by molar-refractivity contribution is 0.199. The van der Waals surface area contributed by atoms with E-state index < -0.39 is 6.10 Å². The number of pyridine rings is 1. The highest BCUT2D eigenvalue weighted by Crippen LogP contribution is 2.26. The molecule has 1 aromatic heterocycles. The molecule has 0 bridgehead atoms. The van der Waals surface area contributed by atoms with Crippen LogP contribution >= 0.6 is 0 Å². The van der Waals surface area contributed by atoms with Crippen molar-refractivity contribution in [3.8, 4) is 0 Å². The minimum atomic E-state index is -0.475. The predicted molar refractivity (Wildman–Crippen MR) is 74.1 cm³/mol. The fourth-order valence-electron chi connectivity index (χ4n) is 1.94. The first-order chi connectivity index (χ1) is 8.59. The molecule has 0 aliphatic heterocycles. The molecule has 0 aliphatic carbocycles. The summed E-state index contributed by atoms with van der Waals surface area (Å²) in [6, 6.07) is 11.9. The Kier molecular flexibility index (Phi) is 3.63. The van der Waals surface area contributed by atoms with E-state index in [2.05, 4.69) is 24.0 Å². The van der Waals surface area contributed by atoms with E-state index in [1.807, 2.05) is 36.2 Å². The number of rotatable bonds is 3. The Morgan fingerprint density at radius 3 is 2.61 bits per heavy atom. The van der Waals surface area contributed by atoms with Gasteiger partial charge in [0.05, 0.1) is 6.10 Å². The van der Waals surface area contributed by atoms with Crippen LogP contribution < -0.4 is 4.90 Å². The summed E-state index contributed by atoms with van der Waals surface area (Å²) in [6.45, 7) is 3.83. The van der Waals surface area contributed by atoms with E-state index in [0.29, 0.717) is 0 Å². The number of aliphatic hydroxyl groups excluding tert-OH is 1. The maximum atomic E-state index is 9.61. The van der Waals surface area contributed by atoms with Gasteiger partial charge in [0.1, 0.15) is 5.82 Å². The van der Waals surface area contributed by atoms with Crippen molar-refractivity contribution in [2.75, 3.05) is 11.9 Å². The van der Waals surface area contributed by atoms with Crippen molar-refractivity contribution < 1.29 is 5.11 Å². The van der Waals surface area contributed by atoms with Crippen molar-refractivity contribution in [2.45, 2.75) is 20.0 Å². The molecule has 0 amide bonds. The van der Waals surface area contributed by atoms with Crippen LogP contribution in [0.25, 0.3) is 0 Å². The van der Waals surface area contributed by atoms with Crippen LogP contribution in [-0.4, -0.2) is 17.1 Å². The highest BCUT2D eigenvalue weighted by atomic mass is 16.3. The molecule has 0 saturated heterocycles. The molecule has 1 unspecified atom stereocenters. The quantitative estimate of drug-likeness (QED) is 0.897. The Morgan fingerprint density at radius 2 is 1.94 bits per heavy atom. The molecule has 1 N–H and O–H groups in total. The third kappa shape index (κ3) is 2.51. The van der Waals surface area contributed by atoms with Gasteiger partial charge >= 0.3 is 0 Å². The molecule has 2 aromatic rings. The van der Waals surface area contributed by atoms with Crippen LogP contribution in [0.15, 0.2) is 42.6 Å². The average Bonchev–Trinajstić information content (AvgIpc) is 2.38. The van der Waals surface area contributed by atoms with Gasteiger partial charge in [0, 0.05) is 18.9 Å². The highest BCUT2D eigenvalue weighted by Gasteiger charge is 2.09. The van der Waals surface area contributed by atoms with Crippen molar-refractivity contribution in [3.63, 3.8) is 0 Å². The van der Waals surface area contributed by atoms with Gasteiger partial charge in [-0.1, -0.05) is 18.2 Å². The first-order valence-corrected chi connectivity index (χ1v) is 6.03. The summed E-state index contributed by atoms with van der Waals surface area (Å²) in [4.78, 5) is 6.38. The summed E-state index contributed by atoms with van der Waals surface area (Å²) in [5.41, 5.74) is 3.19. The van der Waals surface area contributed by atoms with Crippen molar-refractivity contribution in [1.29, 1.82) is 0 Å². The molecule has 2 rings (SSSR count). The summed E-state index contributed by atoms with van der Waals surface area (Å²) in [5.74, 6) is 0.836. The highest BCUT2D eigenvalue weighted by molar-refractivity contribution is 5.63. The summed E-state index contributed by atoms with van der Waals surface area (Å²) < 4.78 is 0. The van der Waals surface area contributed by atoms with E-state index in [1.165, 1.54) is 5.56 Å². The van der Waals surface area contributed by atoms with Gasteiger partial charge in [-0.15, -0.1) is 0 Å². The zero-order valence-corrected chi connectivity index (χ0v) is 11.0. The number of aromatic nitrogens is 1. The average molecular weight is 242 g/mol. The number of aliphatic hydroxyl groups is 1. The lowest BCUT2D eigenvalue weighted by atomic mass is 10.1. The molecule has 0 saturated carbocycles. The molecule has 3 heteroatoms. The maximum absolute atomic E-state index is 9.61. The van der Waals surface area contributed by atoms with Gasteiger partial charge in [-0.2, -0.15) is 0 Å². The lowest BCUT2D eigenvalue weighted by Gasteiger charge is -2.21. The van der Waals surface area contributed by atoms with Gasteiger partial charge in [-0.05, 0) is 43.2 Å². The molecular formula is C15H18N2O. The zero-order chi connectivity index (χ0) is 13.1. The van der Waals surface area contributed by atoms with Crippen LogP contribution in [0.1, 0.15) is 24.2 Å². The second-order valence-corrected chi connectivity index (χ2v) is 4.47. The van der Waals surface area contributed by atoms with E-state index >= 15 is 0 Å². The van der Waals surface area contributed by atoms with Crippen LogP contribution in [0.3, 0.4) is 0 Å². The minimum absolute atomic E-state index is 0.475. The van der Waals surface area contributed by atoms with Crippen LogP contribution in [0.2, 0.25) is 0 Å².